The van der Waals surface area contributed by atoms with Gasteiger partial charge in [-0.05, 0) is 36.6 Å². The molecule has 0 aromatic heterocycles. The van der Waals surface area contributed by atoms with Crippen LogP contribution in [0, 0.1) is 6.92 Å². The first-order chi connectivity index (χ1) is 10.0. The van der Waals surface area contributed by atoms with Gasteiger partial charge in [0.1, 0.15) is 0 Å². The van der Waals surface area contributed by atoms with Gasteiger partial charge in [0, 0.05) is 5.41 Å². The van der Waals surface area contributed by atoms with Gasteiger partial charge < -0.3 is 0 Å². The van der Waals surface area contributed by atoms with Gasteiger partial charge >= 0.3 is 0 Å². The molecular formula is C18H20O2S. The zero-order valence-electron chi connectivity index (χ0n) is 12.4. The van der Waals surface area contributed by atoms with E-state index in [-0.39, 0.29) is 0 Å². The molecule has 2 nitrogen and oxygen atoms in total. The highest BCUT2D eigenvalue weighted by Gasteiger charge is 2.13. The maximum absolute atomic E-state index is 12.5. The van der Waals surface area contributed by atoms with Crippen LogP contribution in [-0.2, 0) is 9.84 Å². The van der Waals surface area contributed by atoms with Crippen molar-refractivity contribution in [2.45, 2.75) is 31.6 Å². The molecule has 21 heavy (non-hydrogen) atoms. The van der Waals surface area contributed by atoms with Crippen LogP contribution in [0.15, 0.2) is 64.9 Å². The van der Waals surface area contributed by atoms with Gasteiger partial charge in [-0.3, -0.25) is 0 Å². The van der Waals surface area contributed by atoms with Crippen molar-refractivity contribution < 1.29 is 8.42 Å². The Bertz CT molecular complexity index is 712. The number of sulfone groups is 1. The van der Waals surface area contributed by atoms with E-state index in [4.69, 9.17) is 0 Å². The Labute approximate surface area is 127 Å². The number of rotatable bonds is 5. The van der Waals surface area contributed by atoms with Gasteiger partial charge in [0.25, 0.3) is 0 Å². The predicted molar refractivity (Wildman–Crippen MR) is 87.7 cm³/mol. The summed E-state index contributed by atoms with van der Waals surface area (Å²) in [7, 11) is -3.41. The van der Waals surface area contributed by atoms with Crippen molar-refractivity contribution in [3.8, 4) is 0 Å². The first kappa shape index (κ1) is 15.5. The fraction of sp³-hybridized carbons (Fsp3) is 0.222. The Kier molecular flexibility index (Phi) is 4.97. The molecule has 0 fully saturated rings. The zero-order chi connectivity index (χ0) is 15.3. The van der Waals surface area contributed by atoms with Gasteiger partial charge in [0.15, 0.2) is 9.84 Å². The molecule has 0 aliphatic heterocycles. The lowest BCUT2D eigenvalue weighted by Gasteiger charge is -2.07. The molecule has 0 saturated carbocycles. The standard InChI is InChI=1S/C18H20O2S/c1-3-7-17(16-8-5-4-6-9-16)14-21(19,20)18-12-10-15(2)11-13-18/h4-6,8-14H,3,7H2,1-2H3/b17-14+. The summed E-state index contributed by atoms with van der Waals surface area (Å²) in [5.74, 6) is 0. The second-order valence-corrected chi connectivity index (χ2v) is 6.91. The molecule has 2 aromatic carbocycles. The molecule has 0 atom stereocenters. The minimum Gasteiger partial charge on any atom is -0.219 e. The largest absolute Gasteiger partial charge is 0.219 e. The smallest absolute Gasteiger partial charge is 0.200 e. The molecule has 0 heterocycles. The molecule has 0 amide bonds. The number of allylic oxidation sites excluding steroid dienone is 1. The van der Waals surface area contributed by atoms with E-state index < -0.39 is 9.84 Å². The van der Waals surface area contributed by atoms with Crippen LogP contribution < -0.4 is 0 Å². The molecule has 0 radical (unpaired) electrons. The molecule has 110 valence electrons. The van der Waals surface area contributed by atoms with E-state index in [9.17, 15) is 8.42 Å². The number of hydrogen-bond donors (Lipinski definition) is 0. The van der Waals surface area contributed by atoms with Gasteiger partial charge in [-0.15, -0.1) is 0 Å². The summed E-state index contributed by atoms with van der Waals surface area (Å²) in [5, 5.41) is 1.41. The van der Waals surface area contributed by atoms with E-state index in [0.29, 0.717) is 4.90 Å². The molecule has 0 unspecified atom stereocenters. The van der Waals surface area contributed by atoms with Gasteiger partial charge in [0.2, 0.25) is 0 Å². The van der Waals surface area contributed by atoms with Crippen molar-refractivity contribution in [1.29, 1.82) is 0 Å². The highest BCUT2D eigenvalue weighted by molar-refractivity contribution is 7.94. The Hall–Kier alpha value is -1.87. The molecule has 0 N–H and O–H groups in total. The third-order valence-corrected chi connectivity index (χ3v) is 4.83. The average Bonchev–Trinajstić information content (AvgIpc) is 2.48. The summed E-state index contributed by atoms with van der Waals surface area (Å²) < 4.78 is 25.1. The van der Waals surface area contributed by atoms with E-state index in [0.717, 1.165) is 29.5 Å². The van der Waals surface area contributed by atoms with Crippen LogP contribution in [0.25, 0.3) is 5.57 Å². The van der Waals surface area contributed by atoms with Crippen molar-refractivity contribution in [3.63, 3.8) is 0 Å². The summed E-state index contributed by atoms with van der Waals surface area (Å²) >= 11 is 0. The van der Waals surface area contributed by atoms with Crippen molar-refractivity contribution in [3.05, 3.63) is 71.1 Å². The third-order valence-electron chi connectivity index (χ3n) is 3.31. The Morgan fingerprint density at radius 2 is 1.62 bits per heavy atom. The second kappa shape index (κ2) is 6.72. The fourth-order valence-electron chi connectivity index (χ4n) is 2.18. The Morgan fingerprint density at radius 3 is 2.19 bits per heavy atom. The predicted octanol–water partition coefficient (Wildman–Crippen LogP) is 4.61. The van der Waals surface area contributed by atoms with Crippen LogP contribution in [0.2, 0.25) is 0 Å². The fourth-order valence-corrected chi connectivity index (χ4v) is 3.46. The van der Waals surface area contributed by atoms with E-state index in [1.54, 1.807) is 12.1 Å². The van der Waals surface area contributed by atoms with Crippen LogP contribution in [0.1, 0.15) is 30.9 Å². The van der Waals surface area contributed by atoms with Crippen LogP contribution in [0.4, 0.5) is 0 Å². The highest BCUT2D eigenvalue weighted by Crippen LogP contribution is 2.24. The highest BCUT2D eigenvalue weighted by atomic mass is 32.2. The van der Waals surface area contributed by atoms with E-state index in [1.165, 1.54) is 5.41 Å². The molecule has 2 rings (SSSR count). The minimum atomic E-state index is -3.41. The summed E-state index contributed by atoms with van der Waals surface area (Å²) in [5.41, 5.74) is 2.88. The SMILES string of the molecule is CCC/C(=C\S(=O)(=O)c1ccc(C)cc1)c1ccccc1. The number of hydrogen-bond acceptors (Lipinski definition) is 2. The van der Waals surface area contributed by atoms with Crippen molar-refractivity contribution >= 4 is 15.4 Å². The Balaban J connectivity index is 2.44. The van der Waals surface area contributed by atoms with Crippen molar-refractivity contribution in [2.24, 2.45) is 0 Å². The van der Waals surface area contributed by atoms with Gasteiger partial charge in [-0.25, -0.2) is 8.42 Å². The molecular weight excluding hydrogens is 280 g/mol. The van der Waals surface area contributed by atoms with Crippen LogP contribution in [0.3, 0.4) is 0 Å². The second-order valence-electron chi connectivity index (χ2n) is 5.12. The quantitative estimate of drug-likeness (QED) is 0.808. The summed E-state index contributed by atoms with van der Waals surface area (Å²) in [6.07, 6.45) is 1.65. The molecule has 0 bridgehead atoms. The molecule has 0 aliphatic carbocycles. The third kappa shape index (κ3) is 4.05. The molecule has 3 heteroatoms. The lowest BCUT2D eigenvalue weighted by Crippen LogP contribution is -1.98. The van der Waals surface area contributed by atoms with Crippen molar-refractivity contribution in [2.75, 3.05) is 0 Å². The topological polar surface area (TPSA) is 34.1 Å². The lowest BCUT2D eigenvalue weighted by molar-refractivity contribution is 0.604. The van der Waals surface area contributed by atoms with Crippen LogP contribution >= 0.6 is 0 Å². The first-order valence-corrected chi connectivity index (χ1v) is 8.65. The lowest BCUT2D eigenvalue weighted by atomic mass is 10.0. The summed E-state index contributed by atoms with van der Waals surface area (Å²) in [6.45, 7) is 3.99. The zero-order valence-corrected chi connectivity index (χ0v) is 13.2. The van der Waals surface area contributed by atoms with E-state index >= 15 is 0 Å². The van der Waals surface area contributed by atoms with Crippen molar-refractivity contribution in [1.82, 2.24) is 0 Å². The monoisotopic (exact) mass is 300 g/mol. The normalized spacial score (nSPS) is 12.4. The van der Waals surface area contributed by atoms with Gasteiger partial charge in [-0.1, -0.05) is 61.4 Å². The van der Waals surface area contributed by atoms with E-state index in [1.807, 2.05) is 49.4 Å². The minimum absolute atomic E-state index is 0.345. The first-order valence-electron chi connectivity index (χ1n) is 7.10. The molecule has 0 spiro atoms. The van der Waals surface area contributed by atoms with Gasteiger partial charge in [0.05, 0.1) is 4.90 Å². The molecule has 2 aromatic rings. The number of aryl methyl sites for hydroxylation is 1. The summed E-state index contributed by atoms with van der Waals surface area (Å²) in [6, 6.07) is 16.7. The average molecular weight is 300 g/mol. The van der Waals surface area contributed by atoms with E-state index in [2.05, 4.69) is 6.92 Å². The Morgan fingerprint density at radius 1 is 1.00 bits per heavy atom. The maximum Gasteiger partial charge on any atom is 0.200 e. The number of benzene rings is 2. The van der Waals surface area contributed by atoms with Crippen LogP contribution in [-0.4, -0.2) is 8.42 Å². The molecule has 0 aliphatic rings. The summed E-state index contributed by atoms with van der Waals surface area (Å²) in [4.78, 5) is 0.345. The van der Waals surface area contributed by atoms with Gasteiger partial charge in [-0.2, -0.15) is 0 Å². The molecule has 0 saturated heterocycles. The maximum atomic E-state index is 12.5. The van der Waals surface area contributed by atoms with Crippen LogP contribution in [0.5, 0.6) is 0 Å².